The Labute approximate surface area is 92.9 Å². The number of aromatic nitrogens is 1. The summed E-state index contributed by atoms with van der Waals surface area (Å²) in [6, 6.07) is 5.30. The topological polar surface area (TPSA) is 65.1 Å². The molecule has 2 rings (SSSR count). The third-order valence-electron chi connectivity index (χ3n) is 2.65. The van der Waals surface area contributed by atoms with Crippen LogP contribution in [-0.2, 0) is 6.54 Å². The van der Waals surface area contributed by atoms with E-state index in [1.165, 1.54) is 6.07 Å². The summed E-state index contributed by atoms with van der Waals surface area (Å²) < 4.78 is 0. The zero-order valence-electron chi connectivity index (χ0n) is 9.29. The molecule has 16 heavy (non-hydrogen) atoms. The molecule has 0 aliphatic carbocycles. The zero-order chi connectivity index (χ0) is 11.7. The quantitative estimate of drug-likeness (QED) is 0.711. The van der Waals surface area contributed by atoms with Gasteiger partial charge in [-0.25, -0.2) is 0 Å². The average molecular weight is 218 g/mol. The Hall–Kier alpha value is -1.81. The summed E-state index contributed by atoms with van der Waals surface area (Å²) in [7, 11) is 1.81. The number of hydrogen-bond acceptors (Lipinski definition) is 3. The summed E-state index contributed by atoms with van der Waals surface area (Å²) >= 11 is 0. The number of fused-ring (bicyclic) bond motifs is 1. The van der Waals surface area contributed by atoms with Gasteiger partial charge in [0.05, 0.1) is 5.52 Å². The van der Waals surface area contributed by atoms with Crippen LogP contribution in [0.1, 0.15) is 11.1 Å². The van der Waals surface area contributed by atoms with E-state index in [1.807, 2.05) is 26.1 Å². The molecule has 0 amide bonds. The van der Waals surface area contributed by atoms with Gasteiger partial charge in [0.15, 0.2) is 0 Å². The van der Waals surface area contributed by atoms with E-state index in [1.54, 1.807) is 0 Å². The van der Waals surface area contributed by atoms with Gasteiger partial charge in [0.25, 0.3) is 0 Å². The maximum Gasteiger partial charge on any atom is 0.248 e. The van der Waals surface area contributed by atoms with Crippen molar-refractivity contribution >= 4 is 10.9 Å². The highest BCUT2D eigenvalue weighted by molar-refractivity contribution is 5.87. The highest BCUT2D eigenvalue weighted by atomic mass is 16.3. The van der Waals surface area contributed by atoms with Gasteiger partial charge in [-0.05, 0) is 19.5 Å². The number of aromatic amines is 1. The fraction of sp³-hybridized carbons (Fsp3) is 0.250. The van der Waals surface area contributed by atoms with E-state index in [9.17, 15) is 9.90 Å². The molecular formula is C12H14N2O2. The van der Waals surface area contributed by atoms with Crippen LogP contribution in [0.25, 0.3) is 10.9 Å². The maximum absolute atomic E-state index is 11.3. The van der Waals surface area contributed by atoms with Gasteiger partial charge >= 0.3 is 0 Å². The summed E-state index contributed by atoms with van der Waals surface area (Å²) in [6.07, 6.45) is 0. The van der Waals surface area contributed by atoms with Crippen molar-refractivity contribution in [1.82, 2.24) is 10.3 Å². The lowest BCUT2D eigenvalue weighted by molar-refractivity contribution is 0.471. The van der Waals surface area contributed by atoms with Crippen LogP contribution in [-0.4, -0.2) is 17.1 Å². The lowest BCUT2D eigenvalue weighted by Crippen LogP contribution is -2.08. The number of pyridine rings is 1. The molecule has 0 atom stereocenters. The lowest BCUT2D eigenvalue weighted by atomic mass is 10.1. The second-order valence-corrected chi connectivity index (χ2v) is 3.84. The number of hydrogen-bond donors (Lipinski definition) is 3. The van der Waals surface area contributed by atoms with Crippen molar-refractivity contribution in [2.24, 2.45) is 0 Å². The fourth-order valence-electron chi connectivity index (χ4n) is 1.86. The minimum atomic E-state index is -0.193. The molecule has 4 nitrogen and oxygen atoms in total. The summed E-state index contributed by atoms with van der Waals surface area (Å²) in [4.78, 5) is 14.0. The maximum atomic E-state index is 11.3. The number of phenols is 1. The van der Waals surface area contributed by atoms with Gasteiger partial charge in [0, 0.05) is 23.6 Å². The van der Waals surface area contributed by atoms with Gasteiger partial charge in [0.2, 0.25) is 5.56 Å². The summed E-state index contributed by atoms with van der Waals surface area (Å²) in [5, 5.41) is 13.9. The Kier molecular flexibility index (Phi) is 2.66. The second kappa shape index (κ2) is 3.98. The van der Waals surface area contributed by atoms with E-state index < -0.39 is 0 Å². The average Bonchev–Trinajstić information content (AvgIpc) is 2.23. The van der Waals surface area contributed by atoms with Crippen LogP contribution in [0.2, 0.25) is 0 Å². The smallest absolute Gasteiger partial charge is 0.248 e. The minimum Gasteiger partial charge on any atom is -0.505 e. The Morgan fingerprint density at radius 1 is 1.44 bits per heavy atom. The number of aromatic hydroxyl groups is 1. The number of H-pyrrole nitrogens is 1. The van der Waals surface area contributed by atoms with Crippen LogP contribution in [0.15, 0.2) is 23.0 Å². The lowest BCUT2D eigenvalue weighted by Gasteiger charge is -2.08. The molecule has 1 aromatic carbocycles. The highest BCUT2D eigenvalue weighted by Gasteiger charge is 2.08. The monoisotopic (exact) mass is 218 g/mol. The molecule has 4 heteroatoms. The van der Waals surface area contributed by atoms with Gasteiger partial charge in [-0.1, -0.05) is 12.1 Å². The van der Waals surface area contributed by atoms with Gasteiger partial charge in [0.1, 0.15) is 5.75 Å². The van der Waals surface area contributed by atoms with Gasteiger partial charge in [-0.2, -0.15) is 0 Å². The van der Waals surface area contributed by atoms with Gasteiger partial charge in [-0.15, -0.1) is 0 Å². The Balaban J connectivity index is 2.78. The fourth-order valence-corrected chi connectivity index (χ4v) is 1.86. The van der Waals surface area contributed by atoms with Crippen molar-refractivity contribution in [3.05, 3.63) is 39.7 Å². The molecule has 0 saturated heterocycles. The van der Waals surface area contributed by atoms with Crippen molar-refractivity contribution < 1.29 is 5.11 Å². The van der Waals surface area contributed by atoms with Crippen molar-refractivity contribution in [1.29, 1.82) is 0 Å². The third kappa shape index (κ3) is 1.67. The Bertz CT molecular complexity index is 587. The van der Waals surface area contributed by atoms with Crippen molar-refractivity contribution in [3.8, 4) is 5.75 Å². The molecule has 1 aromatic heterocycles. The first-order valence-electron chi connectivity index (χ1n) is 5.12. The molecule has 1 heterocycles. The van der Waals surface area contributed by atoms with E-state index in [4.69, 9.17) is 0 Å². The predicted molar refractivity (Wildman–Crippen MR) is 63.7 cm³/mol. The van der Waals surface area contributed by atoms with Crippen molar-refractivity contribution in [3.63, 3.8) is 0 Å². The molecule has 84 valence electrons. The summed E-state index contributed by atoms with van der Waals surface area (Å²) in [5.41, 5.74) is 1.96. The van der Waals surface area contributed by atoms with E-state index >= 15 is 0 Å². The van der Waals surface area contributed by atoms with Crippen molar-refractivity contribution in [2.75, 3.05) is 7.05 Å². The molecule has 0 aliphatic heterocycles. The normalized spacial score (nSPS) is 10.9. The summed E-state index contributed by atoms with van der Waals surface area (Å²) in [6.45, 7) is 2.42. The number of rotatable bonds is 2. The molecule has 0 unspecified atom stereocenters. The van der Waals surface area contributed by atoms with Crippen LogP contribution in [0.5, 0.6) is 5.75 Å². The third-order valence-corrected chi connectivity index (χ3v) is 2.65. The zero-order valence-corrected chi connectivity index (χ0v) is 9.29. The number of aryl methyl sites for hydroxylation is 1. The van der Waals surface area contributed by atoms with Crippen LogP contribution in [0, 0.1) is 6.92 Å². The highest BCUT2D eigenvalue weighted by Crippen LogP contribution is 2.27. The molecule has 0 bridgehead atoms. The van der Waals surface area contributed by atoms with Crippen LogP contribution in [0.4, 0.5) is 0 Å². The number of benzene rings is 1. The molecule has 0 saturated carbocycles. The molecule has 3 N–H and O–H groups in total. The van der Waals surface area contributed by atoms with Crippen LogP contribution >= 0.6 is 0 Å². The molecule has 2 aromatic rings. The van der Waals surface area contributed by atoms with Crippen LogP contribution < -0.4 is 10.9 Å². The first-order valence-corrected chi connectivity index (χ1v) is 5.12. The van der Waals surface area contributed by atoms with Crippen molar-refractivity contribution in [2.45, 2.75) is 13.5 Å². The Morgan fingerprint density at radius 3 is 2.88 bits per heavy atom. The molecule has 0 radical (unpaired) electrons. The minimum absolute atomic E-state index is 0.146. The Morgan fingerprint density at radius 2 is 2.19 bits per heavy atom. The molecule has 0 fully saturated rings. The van der Waals surface area contributed by atoms with E-state index in [-0.39, 0.29) is 11.3 Å². The van der Waals surface area contributed by atoms with E-state index in [0.717, 1.165) is 16.5 Å². The number of nitrogens with one attached hydrogen (secondary N) is 2. The molecule has 0 spiro atoms. The predicted octanol–water partition coefficient (Wildman–Crippen LogP) is 1.26. The standard InChI is InChI=1S/C12H14N2O2/c1-7-5-10(15)14-11-9(7)4-3-8(6-13-2)12(11)16/h3-5,13,16H,6H2,1-2H3,(H,14,15). The van der Waals surface area contributed by atoms with E-state index in [0.29, 0.717) is 12.1 Å². The second-order valence-electron chi connectivity index (χ2n) is 3.84. The molecule has 0 aliphatic rings. The SMILES string of the molecule is CNCc1ccc2c(C)cc(=O)[nH]c2c1O. The molecular weight excluding hydrogens is 204 g/mol. The van der Waals surface area contributed by atoms with Gasteiger partial charge < -0.3 is 15.4 Å². The largest absolute Gasteiger partial charge is 0.505 e. The van der Waals surface area contributed by atoms with E-state index in [2.05, 4.69) is 10.3 Å². The van der Waals surface area contributed by atoms with Gasteiger partial charge in [-0.3, -0.25) is 4.79 Å². The first-order chi connectivity index (χ1) is 7.63. The van der Waals surface area contributed by atoms with Crippen LogP contribution in [0.3, 0.4) is 0 Å². The summed E-state index contributed by atoms with van der Waals surface area (Å²) in [5.74, 6) is 0.146. The first kappa shape index (κ1) is 10.7. The number of phenolic OH excluding ortho intramolecular Hbond substituents is 1.